The minimum absolute atomic E-state index is 0.0371. The fourth-order valence-electron chi connectivity index (χ4n) is 2.47. The molecule has 0 bridgehead atoms. The Bertz CT molecular complexity index is 608. The molecule has 0 aromatic carbocycles. The van der Waals surface area contributed by atoms with E-state index in [9.17, 15) is 14.4 Å². The van der Waals surface area contributed by atoms with Crippen molar-refractivity contribution in [3.05, 3.63) is 31.5 Å². The highest BCUT2D eigenvalue weighted by atomic mass is 79.9. The quantitative estimate of drug-likeness (QED) is 0.887. The predicted octanol–water partition coefficient (Wildman–Crippen LogP) is 0.948. The second-order valence-corrected chi connectivity index (χ2v) is 5.97. The van der Waals surface area contributed by atoms with E-state index in [-0.39, 0.29) is 16.9 Å². The number of halogens is 1. The van der Waals surface area contributed by atoms with Crippen LogP contribution in [0.5, 0.6) is 0 Å². The number of H-pyrrole nitrogens is 1. The van der Waals surface area contributed by atoms with Crippen molar-refractivity contribution in [3.8, 4) is 0 Å². The Hall–Kier alpha value is -1.37. The van der Waals surface area contributed by atoms with Crippen LogP contribution in [0.1, 0.15) is 26.2 Å². The maximum absolute atomic E-state index is 12.2. The van der Waals surface area contributed by atoms with Crippen molar-refractivity contribution >= 4 is 21.8 Å². The van der Waals surface area contributed by atoms with Crippen molar-refractivity contribution < 1.29 is 4.79 Å². The third-order valence-corrected chi connectivity index (χ3v) is 4.29. The van der Waals surface area contributed by atoms with Crippen LogP contribution < -0.4 is 11.2 Å². The fourth-order valence-corrected chi connectivity index (χ4v) is 2.82. The lowest BCUT2D eigenvalue weighted by atomic mass is 9.96. The van der Waals surface area contributed by atoms with E-state index in [4.69, 9.17) is 0 Å². The molecule has 1 aliphatic heterocycles. The number of amides is 1. The third kappa shape index (κ3) is 3.39. The van der Waals surface area contributed by atoms with Crippen molar-refractivity contribution in [2.24, 2.45) is 5.92 Å². The van der Waals surface area contributed by atoms with Crippen molar-refractivity contribution in [2.45, 2.75) is 32.7 Å². The Morgan fingerprint density at radius 2 is 2.25 bits per heavy atom. The molecule has 0 spiro atoms. The number of carbonyl (C=O) groups is 1. The highest BCUT2D eigenvalue weighted by Crippen LogP contribution is 2.19. The molecule has 1 saturated heterocycles. The minimum Gasteiger partial charge on any atom is -0.341 e. The number of nitrogens with one attached hydrogen (secondary N) is 1. The van der Waals surface area contributed by atoms with Gasteiger partial charge in [0.2, 0.25) is 5.91 Å². The van der Waals surface area contributed by atoms with Gasteiger partial charge in [-0.15, -0.1) is 0 Å². The van der Waals surface area contributed by atoms with E-state index < -0.39 is 11.2 Å². The number of likely N-dealkylation sites (tertiary alicyclic amines) is 1. The van der Waals surface area contributed by atoms with Gasteiger partial charge >= 0.3 is 5.69 Å². The maximum atomic E-state index is 12.2. The van der Waals surface area contributed by atoms with Gasteiger partial charge in [-0.1, -0.05) is 13.3 Å². The van der Waals surface area contributed by atoms with Crippen LogP contribution in [-0.2, 0) is 11.3 Å². The van der Waals surface area contributed by atoms with Gasteiger partial charge in [-0.2, -0.15) is 0 Å². The van der Waals surface area contributed by atoms with Crippen molar-refractivity contribution in [3.63, 3.8) is 0 Å². The number of piperidine rings is 1. The van der Waals surface area contributed by atoms with Crippen LogP contribution >= 0.6 is 15.9 Å². The van der Waals surface area contributed by atoms with Crippen LogP contribution in [0.15, 0.2) is 20.3 Å². The van der Waals surface area contributed by atoms with Crippen molar-refractivity contribution in [2.75, 3.05) is 13.1 Å². The molecular formula is C13H18BrN3O3. The van der Waals surface area contributed by atoms with Gasteiger partial charge in [0.25, 0.3) is 5.56 Å². The summed E-state index contributed by atoms with van der Waals surface area (Å²) in [6.07, 6.45) is 4.59. The summed E-state index contributed by atoms with van der Waals surface area (Å²) in [5.74, 6) is 0.468. The van der Waals surface area contributed by atoms with Gasteiger partial charge in [0.05, 0.1) is 4.47 Å². The van der Waals surface area contributed by atoms with Crippen LogP contribution in [0.3, 0.4) is 0 Å². The Kier molecular flexibility index (Phi) is 4.80. The van der Waals surface area contributed by atoms with Crippen molar-refractivity contribution in [1.29, 1.82) is 0 Å². The van der Waals surface area contributed by atoms with Gasteiger partial charge in [-0.25, -0.2) is 4.79 Å². The molecule has 6 nitrogen and oxygen atoms in total. The molecule has 110 valence electrons. The van der Waals surface area contributed by atoms with Crippen LogP contribution in [-0.4, -0.2) is 33.4 Å². The molecule has 0 radical (unpaired) electrons. The molecule has 0 unspecified atom stereocenters. The zero-order valence-electron chi connectivity index (χ0n) is 11.4. The molecule has 20 heavy (non-hydrogen) atoms. The van der Waals surface area contributed by atoms with Crippen molar-refractivity contribution in [1.82, 2.24) is 14.5 Å². The SMILES string of the molecule is CC[C@@H]1CCCN(C(=O)Cn2cc(Br)c(=O)[nH]c2=O)C1. The number of carbonyl (C=O) groups excluding carboxylic acids is 1. The standard InChI is InChI=1S/C13H18BrN3O3/c1-2-9-4-3-5-16(6-9)11(18)8-17-7-10(14)12(19)15-13(17)20/h7,9H,2-6,8H2,1H3,(H,15,19,20)/t9-/m1/s1. The van der Waals surface area contributed by atoms with Gasteiger partial charge < -0.3 is 4.90 Å². The van der Waals surface area contributed by atoms with E-state index in [1.165, 1.54) is 10.8 Å². The molecule has 2 heterocycles. The first kappa shape index (κ1) is 15.0. The predicted molar refractivity (Wildman–Crippen MR) is 78.6 cm³/mol. The van der Waals surface area contributed by atoms with Gasteiger partial charge in [-0.3, -0.25) is 19.1 Å². The van der Waals surface area contributed by atoms with E-state index in [1.54, 1.807) is 0 Å². The van der Waals surface area contributed by atoms with E-state index in [0.717, 1.165) is 32.4 Å². The second kappa shape index (κ2) is 6.39. The lowest BCUT2D eigenvalue weighted by Gasteiger charge is -2.32. The van der Waals surface area contributed by atoms with Gasteiger partial charge in [0.1, 0.15) is 6.54 Å². The first-order valence-corrected chi connectivity index (χ1v) is 7.57. The summed E-state index contributed by atoms with van der Waals surface area (Å²) in [6, 6.07) is 0. The number of nitrogens with zero attached hydrogens (tertiary/aromatic N) is 2. The van der Waals surface area contributed by atoms with E-state index in [2.05, 4.69) is 27.8 Å². The monoisotopic (exact) mass is 343 g/mol. The summed E-state index contributed by atoms with van der Waals surface area (Å²) >= 11 is 3.06. The summed E-state index contributed by atoms with van der Waals surface area (Å²) < 4.78 is 1.47. The van der Waals surface area contributed by atoms with Gasteiger partial charge in [0.15, 0.2) is 0 Å². The lowest BCUT2D eigenvalue weighted by molar-refractivity contribution is -0.133. The summed E-state index contributed by atoms with van der Waals surface area (Å²) in [7, 11) is 0. The molecule has 1 aromatic rings. The number of aromatic nitrogens is 2. The zero-order chi connectivity index (χ0) is 14.7. The number of rotatable bonds is 3. The Morgan fingerprint density at radius 3 is 2.95 bits per heavy atom. The summed E-state index contributed by atoms with van der Waals surface area (Å²) in [5, 5.41) is 0. The molecule has 0 aliphatic carbocycles. The van der Waals surface area contributed by atoms with Gasteiger partial charge in [0, 0.05) is 19.3 Å². The molecule has 1 aliphatic rings. The highest BCUT2D eigenvalue weighted by Gasteiger charge is 2.22. The largest absolute Gasteiger partial charge is 0.341 e. The molecule has 2 rings (SSSR count). The van der Waals surface area contributed by atoms with E-state index in [1.807, 2.05) is 4.90 Å². The van der Waals surface area contributed by atoms with Crippen LogP contribution in [0.25, 0.3) is 0 Å². The fraction of sp³-hybridized carbons (Fsp3) is 0.615. The summed E-state index contributed by atoms with van der Waals surface area (Å²) in [4.78, 5) is 39.1. The molecule has 1 aromatic heterocycles. The highest BCUT2D eigenvalue weighted by molar-refractivity contribution is 9.10. The molecule has 1 N–H and O–H groups in total. The first-order valence-electron chi connectivity index (χ1n) is 6.78. The number of aromatic amines is 1. The number of hydrogen-bond acceptors (Lipinski definition) is 3. The Balaban J connectivity index is 2.10. The van der Waals surface area contributed by atoms with Gasteiger partial charge in [-0.05, 0) is 34.7 Å². The molecule has 1 amide bonds. The summed E-state index contributed by atoms with van der Waals surface area (Å²) in [5.41, 5.74) is -1.04. The molecule has 0 saturated carbocycles. The lowest BCUT2D eigenvalue weighted by Crippen LogP contribution is -2.43. The normalized spacial score (nSPS) is 19.1. The molecule has 1 atom stereocenters. The zero-order valence-corrected chi connectivity index (χ0v) is 13.0. The Labute approximate surface area is 124 Å². The van der Waals surface area contributed by atoms with Crippen LogP contribution in [0.4, 0.5) is 0 Å². The smallest absolute Gasteiger partial charge is 0.328 e. The van der Waals surface area contributed by atoms with Crippen LogP contribution in [0, 0.1) is 5.92 Å². The molecule has 1 fully saturated rings. The topological polar surface area (TPSA) is 75.2 Å². The minimum atomic E-state index is -0.560. The summed E-state index contributed by atoms with van der Waals surface area (Å²) in [6.45, 7) is 3.59. The Morgan fingerprint density at radius 1 is 1.50 bits per heavy atom. The second-order valence-electron chi connectivity index (χ2n) is 5.12. The average Bonchev–Trinajstić information content (AvgIpc) is 2.44. The van der Waals surface area contributed by atoms with Crippen LogP contribution in [0.2, 0.25) is 0 Å². The van der Waals surface area contributed by atoms with E-state index >= 15 is 0 Å². The average molecular weight is 344 g/mol. The molecular weight excluding hydrogens is 326 g/mol. The third-order valence-electron chi connectivity index (χ3n) is 3.72. The van der Waals surface area contributed by atoms with E-state index in [0.29, 0.717) is 5.92 Å². The maximum Gasteiger partial charge on any atom is 0.328 e. The number of hydrogen-bond donors (Lipinski definition) is 1. The molecule has 7 heteroatoms. The first-order chi connectivity index (χ1) is 9.51.